The highest BCUT2D eigenvalue weighted by Crippen LogP contribution is 2.36. The highest BCUT2D eigenvalue weighted by Gasteiger charge is 2.17. The molecule has 0 spiro atoms. The first kappa shape index (κ1) is 13.7. The first-order valence-corrected chi connectivity index (χ1v) is 6.95. The molecule has 0 radical (unpaired) electrons. The Labute approximate surface area is 117 Å². The number of Topliss-reactive ketones (excluding diaryl/α,β-unsaturated/α-hetero) is 1. The average Bonchev–Trinajstić information content (AvgIpc) is 2.46. The minimum Gasteiger partial charge on any atom is -0.497 e. The molecule has 0 aromatic heterocycles. The van der Waals surface area contributed by atoms with Crippen molar-refractivity contribution in [2.45, 2.75) is 17.1 Å². The van der Waals surface area contributed by atoms with Crippen LogP contribution in [0.4, 0.5) is 0 Å². The maximum absolute atomic E-state index is 11.8. The van der Waals surface area contributed by atoms with Crippen LogP contribution in [0.25, 0.3) is 0 Å². The molecule has 0 aliphatic heterocycles. The molecule has 2 rings (SSSR count). The summed E-state index contributed by atoms with van der Waals surface area (Å²) in [6, 6.07) is 17.6. The highest BCUT2D eigenvalue weighted by molar-refractivity contribution is 8.00. The van der Waals surface area contributed by atoms with Crippen molar-refractivity contribution in [3.63, 3.8) is 0 Å². The Morgan fingerprint density at radius 2 is 1.68 bits per heavy atom. The molecule has 0 amide bonds. The van der Waals surface area contributed by atoms with Crippen molar-refractivity contribution < 1.29 is 9.53 Å². The molecule has 0 saturated carbocycles. The standard InChI is InChI=1S/C16H16O2S/c1-12(17)16(13-6-4-3-5-7-13)19-15-10-8-14(18-2)9-11-15/h3-11,16H,1-2H3. The molecule has 19 heavy (non-hydrogen) atoms. The van der Waals surface area contributed by atoms with Gasteiger partial charge in [0.05, 0.1) is 12.4 Å². The van der Waals surface area contributed by atoms with Crippen molar-refractivity contribution in [1.29, 1.82) is 0 Å². The van der Waals surface area contributed by atoms with E-state index in [0.717, 1.165) is 16.2 Å². The Balaban J connectivity index is 2.19. The molecule has 1 atom stereocenters. The number of methoxy groups -OCH3 is 1. The summed E-state index contributed by atoms with van der Waals surface area (Å²) in [6.07, 6.45) is 0. The zero-order valence-corrected chi connectivity index (χ0v) is 11.8. The Kier molecular flexibility index (Phi) is 4.63. The first-order chi connectivity index (χ1) is 9.20. The fourth-order valence-electron chi connectivity index (χ4n) is 1.80. The van der Waals surface area contributed by atoms with E-state index in [0.29, 0.717) is 0 Å². The second-order valence-corrected chi connectivity index (χ2v) is 5.37. The monoisotopic (exact) mass is 272 g/mol. The number of hydrogen-bond acceptors (Lipinski definition) is 3. The molecule has 3 heteroatoms. The van der Waals surface area contributed by atoms with E-state index < -0.39 is 0 Å². The second-order valence-electron chi connectivity index (χ2n) is 4.19. The molecule has 0 aliphatic carbocycles. The third-order valence-corrected chi connectivity index (χ3v) is 4.17. The maximum atomic E-state index is 11.8. The number of ketones is 1. The van der Waals surface area contributed by atoms with Crippen molar-refractivity contribution in [3.8, 4) is 5.75 Å². The zero-order valence-electron chi connectivity index (χ0n) is 11.0. The SMILES string of the molecule is COc1ccc(SC(C(C)=O)c2ccccc2)cc1. The number of rotatable bonds is 5. The van der Waals surface area contributed by atoms with Crippen LogP contribution in [0.2, 0.25) is 0 Å². The minimum absolute atomic E-state index is 0.158. The van der Waals surface area contributed by atoms with Crippen molar-refractivity contribution in [1.82, 2.24) is 0 Å². The van der Waals surface area contributed by atoms with Gasteiger partial charge in [-0.1, -0.05) is 30.3 Å². The molecule has 2 aromatic carbocycles. The predicted molar refractivity (Wildman–Crippen MR) is 78.7 cm³/mol. The van der Waals surface area contributed by atoms with Crippen LogP contribution in [0.3, 0.4) is 0 Å². The van der Waals surface area contributed by atoms with E-state index in [2.05, 4.69) is 0 Å². The van der Waals surface area contributed by atoms with Crippen molar-refractivity contribution in [2.75, 3.05) is 7.11 Å². The normalized spacial score (nSPS) is 11.9. The Morgan fingerprint density at radius 3 is 2.21 bits per heavy atom. The molecule has 0 fully saturated rings. The lowest BCUT2D eigenvalue weighted by Gasteiger charge is -2.14. The van der Waals surface area contributed by atoms with Crippen LogP contribution in [0.1, 0.15) is 17.7 Å². The molecule has 2 aromatic rings. The van der Waals surface area contributed by atoms with E-state index in [-0.39, 0.29) is 11.0 Å². The number of carbonyl (C=O) groups is 1. The largest absolute Gasteiger partial charge is 0.497 e. The van der Waals surface area contributed by atoms with Crippen molar-refractivity contribution >= 4 is 17.5 Å². The van der Waals surface area contributed by atoms with Crippen LogP contribution in [0.5, 0.6) is 5.75 Å². The van der Waals surface area contributed by atoms with Gasteiger partial charge in [0.2, 0.25) is 0 Å². The summed E-state index contributed by atoms with van der Waals surface area (Å²) in [5, 5.41) is -0.158. The first-order valence-electron chi connectivity index (χ1n) is 6.07. The van der Waals surface area contributed by atoms with Gasteiger partial charge in [0.15, 0.2) is 0 Å². The molecule has 1 unspecified atom stereocenters. The second kappa shape index (κ2) is 6.43. The molecule has 0 bridgehead atoms. The lowest BCUT2D eigenvalue weighted by atomic mass is 10.1. The van der Waals surface area contributed by atoms with Gasteiger partial charge in [0, 0.05) is 4.90 Å². The van der Waals surface area contributed by atoms with Crippen LogP contribution in [0, 0.1) is 0 Å². The number of ether oxygens (including phenoxy) is 1. The van der Waals surface area contributed by atoms with E-state index in [1.165, 1.54) is 0 Å². The van der Waals surface area contributed by atoms with Crippen molar-refractivity contribution in [2.24, 2.45) is 0 Å². The lowest BCUT2D eigenvalue weighted by Crippen LogP contribution is -2.04. The molecular formula is C16H16O2S. The van der Waals surface area contributed by atoms with Gasteiger partial charge in [-0.05, 0) is 36.8 Å². The maximum Gasteiger partial charge on any atom is 0.147 e. The van der Waals surface area contributed by atoms with E-state index in [1.807, 2.05) is 54.6 Å². The average molecular weight is 272 g/mol. The highest BCUT2D eigenvalue weighted by atomic mass is 32.2. The van der Waals surface area contributed by atoms with Crippen LogP contribution in [-0.2, 0) is 4.79 Å². The van der Waals surface area contributed by atoms with Gasteiger partial charge in [0.1, 0.15) is 11.5 Å². The predicted octanol–water partition coefficient (Wildman–Crippen LogP) is 4.12. The van der Waals surface area contributed by atoms with Gasteiger partial charge in [-0.15, -0.1) is 11.8 Å². The molecule has 0 heterocycles. The number of carbonyl (C=O) groups excluding carboxylic acids is 1. The number of hydrogen-bond donors (Lipinski definition) is 0. The van der Waals surface area contributed by atoms with Crippen LogP contribution in [0.15, 0.2) is 59.5 Å². The van der Waals surface area contributed by atoms with E-state index >= 15 is 0 Å². The summed E-state index contributed by atoms with van der Waals surface area (Å²) in [5.74, 6) is 0.982. The lowest BCUT2D eigenvalue weighted by molar-refractivity contribution is -0.116. The molecule has 0 N–H and O–H groups in total. The Bertz CT molecular complexity index is 534. The topological polar surface area (TPSA) is 26.3 Å². The third-order valence-electron chi connectivity index (χ3n) is 2.78. The zero-order chi connectivity index (χ0) is 13.7. The summed E-state index contributed by atoms with van der Waals surface area (Å²) >= 11 is 1.56. The number of benzene rings is 2. The summed E-state index contributed by atoms with van der Waals surface area (Å²) in [7, 11) is 1.64. The minimum atomic E-state index is -0.158. The van der Waals surface area contributed by atoms with Gasteiger partial charge >= 0.3 is 0 Å². The molecule has 98 valence electrons. The smallest absolute Gasteiger partial charge is 0.147 e. The van der Waals surface area contributed by atoms with Gasteiger partial charge in [0.25, 0.3) is 0 Å². The summed E-state index contributed by atoms with van der Waals surface area (Å²) < 4.78 is 5.13. The van der Waals surface area contributed by atoms with Crippen LogP contribution >= 0.6 is 11.8 Å². The van der Waals surface area contributed by atoms with E-state index in [1.54, 1.807) is 25.8 Å². The molecular weight excluding hydrogens is 256 g/mol. The van der Waals surface area contributed by atoms with Gasteiger partial charge < -0.3 is 4.74 Å². The van der Waals surface area contributed by atoms with Crippen molar-refractivity contribution in [3.05, 3.63) is 60.2 Å². The van der Waals surface area contributed by atoms with Crippen LogP contribution in [-0.4, -0.2) is 12.9 Å². The van der Waals surface area contributed by atoms with E-state index in [9.17, 15) is 4.79 Å². The molecule has 0 aliphatic rings. The Morgan fingerprint density at radius 1 is 1.05 bits per heavy atom. The van der Waals surface area contributed by atoms with Gasteiger partial charge in [-0.2, -0.15) is 0 Å². The van der Waals surface area contributed by atoms with Gasteiger partial charge in [-0.25, -0.2) is 0 Å². The van der Waals surface area contributed by atoms with Crippen LogP contribution < -0.4 is 4.74 Å². The summed E-state index contributed by atoms with van der Waals surface area (Å²) in [5.41, 5.74) is 1.04. The quantitative estimate of drug-likeness (QED) is 0.766. The van der Waals surface area contributed by atoms with Gasteiger partial charge in [-0.3, -0.25) is 4.79 Å². The van der Waals surface area contributed by atoms with E-state index in [4.69, 9.17) is 4.74 Å². The molecule has 0 saturated heterocycles. The third kappa shape index (κ3) is 3.61. The fourth-order valence-corrected chi connectivity index (χ4v) is 2.83. The molecule has 2 nitrogen and oxygen atoms in total. The summed E-state index contributed by atoms with van der Waals surface area (Å²) in [6.45, 7) is 1.63. The number of thioether (sulfide) groups is 1. The Hall–Kier alpha value is -1.74. The summed E-state index contributed by atoms with van der Waals surface area (Å²) in [4.78, 5) is 12.9. The fraction of sp³-hybridized carbons (Fsp3) is 0.188.